The summed E-state index contributed by atoms with van der Waals surface area (Å²) >= 11 is 3.49. The van der Waals surface area contributed by atoms with Gasteiger partial charge in [-0.25, -0.2) is 0 Å². The van der Waals surface area contributed by atoms with Gasteiger partial charge in [0, 0.05) is 11.9 Å². The molecule has 0 aromatic heterocycles. The monoisotopic (exact) mass is 361 g/mol. The molecule has 0 rings (SSSR count). The summed E-state index contributed by atoms with van der Waals surface area (Å²) in [6.07, 6.45) is 11.5. The third-order valence-electron chi connectivity index (χ3n) is 3.82. The number of hydrogen-bond acceptors (Lipinski definition) is 1. The van der Waals surface area contributed by atoms with Gasteiger partial charge in [0.1, 0.15) is 0 Å². The summed E-state index contributed by atoms with van der Waals surface area (Å²) in [5.41, 5.74) is 0. The van der Waals surface area contributed by atoms with Gasteiger partial charge in [-0.3, -0.25) is 4.79 Å². The summed E-state index contributed by atoms with van der Waals surface area (Å²) in [6, 6.07) is 0. The molecule has 3 nitrogen and oxygen atoms in total. The number of nitrogens with zero attached hydrogens (tertiary/aromatic N) is 1. The number of carbonyl (C=O) groups is 1. The fourth-order valence-corrected chi connectivity index (χ4v) is 2.80. The molecule has 0 heterocycles. The standard InChI is InChI=1S/C17H33BrN2O/c1-4-17(21)19-14-10-6-5-7-11-15-20(2,3)16-12-8-9-13-18/h4H,1,5-16H2,2-3H3/p+1. The molecule has 0 saturated carbocycles. The minimum Gasteiger partial charge on any atom is -0.353 e. The van der Waals surface area contributed by atoms with Crippen LogP contribution in [0.15, 0.2) is 12.7 Å². The van der Waals surface area contributed by atoms with Crippen molar-refractivity contribution in [1.29, 1.82) is 0 Å². The molecule has 0 unspecified atom stereocenters. The second-order valence-electron chi connectivity index (χ2n) is 6.40. The van der Waals surface area contributed by atoms with Crippen LogP contribution >= 0.6 is 15.9 Å². The van der Waals surface area contributed by atoms with E-state index in [0.29, 0.717) is 0 Å². The van der Waals surface area contributed by atoms with Crippen LogP contribution in [0.2, 0.25) is 0 Å². The van der Waals surface area contributed by atoms with Gasteiger partial charge in [-0.05, 0) is 44.6 Å². The van der Waals surface area contributed by atoms with Crippen molar-refractivity contribution in [3.8, 4) is 0 Å². The average Bonchev–Trinajstić information content (AvgIpc) is 2.46. The number of alkyl halides is 1. The van der Waals surface area contributed by atoms with Crippen molar-refractivity contribution < 1.29 is 9.28 Å². The van der Waals surface area contributed by atoms with Crippen molar-refractivity contribution in [2.45, 2.75) is 51.4 Å². The number of nitrogens with one attached hydrogen (secondary N) is 1. The Morgan fingerprint density at radius 3 is 2.10 bits per heavy atom. The van der Waals surface area contributed by atoms with Crippen molar-refractivity contribution >= 4 is 21.8 Å². The lowest BCUT2D eigenvalue weighted by Crippen LogP contribution is -2.41. The zero-order valence-electron chi connectivity index (χ0n) is 14.0. The molecule has 0 atom stereocenters. The fourth-order valence-electron chi connectivity index (χ4n) is 2.40. The smallest absolute Gasteiger partial charge is 0.243 e. The van der Waals surface area contributed by atoms with Crippen molar-refractivity contribution in [3.05, 3.63) is 12.7 Å². The molecule has 0 saturated heterocycles. The van der Waals surface area contributed by atoms with Gasteiger partial charge >= 0.3 is 0 Å². The Hall–Kier alpha value is -0.350. The predicted molar refractivity (Wildman–Crippen MR) is 95.8 cm³/mol. The summed E-state index contributed by atoms with van der Waals surface area (Å²) in [5.74, 6) is -0.0611. The second kappa shape index (κ2) is 13.3. The van der Waals surface area contributed by atoms with E-state index < -0.39 is 0 Å². The topological polar surface area (TPSA) is 29.1 Å². The van der Waals surface area contributed by atoms with Crippen molar-refractivity contribution in [1.82, 2.24) is 5.32 Å². The highest BCUT2D eigenvalue weighted by molar-refractivity contribution is 9.09. The molecule has 124 valence electrons. The number of halogens is 1. The molecule has 0 radical (unpaired) electrons. The summed E-state index contributed by atoms with van der Waals surface area (Å²) in [6.45, 7) is 6.79. The highest BCUT2D eigenvalue weighted by Gasteiger charge is 2.13. The second-order valence-corrected chi connectivity index (χ2v) is 7.19. The molecular formula is C17H34BrN2O+. The molecule has 0 aliphatic carbocycles. The lowest BCUT2D eigenvalue weighted by atomic mass is 10.1. The Morgan fingerprint density at radius 1 is 1.00 bits per heavy atom. The van der Waals surface area contributed by atoms with Gasteiger partial charge in [0.2, 0.25) is 5.91 Å². The quantitative estimate of drug-likeness (QED) is 0.216. The van der Waals surface area contributed by atoms with Crippen molar-refractivity contribution in [2.75, 3.05) is 39.1 Å². The lowest BCUT2D eigenvalue weighted by Gasteiger charge is -2.30. The lowest BCUT2D eigenvalue weighted by molar-refractivity contribution is -0.890. The highest BCUT2D eigenvalue weighted by atomic mass is 79.9. The molecule has 0 fully saturated rings. The summed E-state index contributed by atoms with van der Waals surface area (Å²) in [4.78, 5) is 11.0. The van der Waals surface area contributed by atoms with Crippen LogP contribution in [0.4, 0.5) is 0 Å². The maximum Gasteiger partial charge on any atom is 0.243 e. The number of unbranched alkanes of at least 4 members (excludes halogenated alkanes) is 6. The third kappa shape index (κ3) is 14.4. The average molecular weight is 362 g/mol. The highest BCUT2D eigenvalue weighted by Crippen LogP contribution is 2.09. The molecule has 0 aliphatic rings. The van der Waals surface area contributed by atoms with E-state index >= 15 is 0 Å². The fraction of sp³-hybridized carbons (Fsp3) is 0.824. The molecular weight excluding hydrogens is 328 g/mol. The van der Waals surface area contributed by atoms with Gasteiger partial charge in [0.25, 0.3) is 0 Å². The van der Waals surface area contributed by atoms with Crippen LogP contribution in [-0.2, 0) is 4.79 Å². The molecule has 21 heavy (non-hydrogen) atoms. The van der Waals surface area contributed by atoms with Crippen molar-refractivity contribution in [3.63, 3.8) is 0 Å². The van der Waals surface area contributed by atoms with E-state index in [-0.39, 0.29) is 5.91 Å². The van der Waals surface area contributed by atoms with E-state index in [1.807, 2.05) is 0 Å². The Morgan fingerprint density at radius 2 is 1.52 bits per heavy atom. The number of rotatable bonds is 14. The van der Waals surface area contributed by atoms with E-state index in [9.17, 15) is 4.79 Å². The SMILES string of the molecule is C=CC(=O)NCCCCCCC[N+](C)(C)CCCCCBr. The van der Waals surface area contributed by atoms with E-state index in [2.05, 4.69) is 41.9 Å². The number of quaternary nitrogens is 1. The van der Waals surface area contributed by atoms with Gasteiger partial charge in [-0.2, -0.15) is 0 Å². The van der Waals surface area contributed by atoms with Gasteiger partial charge in [0.15, 0.2) is 0 Å². The first-order valence-electron chi connectivity index (χ1n) is 8.30. The van der Waals surface area contributed by atoms with Crippen LogP contribution in [-0.4, -0.2) is 49.4 Å². The van der Waals surface area contributed by atoms with Crippen LogP contribution < -0.4 is 5.32 Å². The van der Waals surface area contributed by atoms with Gasteiger partial charge in [-0.15, -0.1) is 0 Å². The Kier molecular flexibility index (Phi) is 13.1. The Labute approximate surface area is 139 Å². The van der Waals surface area contributed by atoms with E-state index in [1.165, 1.54) is 64.1 Å². The first kappa shape index (κ1) is 20.6. The summed E-state index contributed by atoms with van der Waals surface area (Å²) in [7, 11) is 4.69. The number of carbonyl (C=O) groups excluding carboxylic acids is 1. The van der Waals surface area contributed by atoms with Gasteiger partial charge in [0.05, 0.1) is 27.2 Å². The van der Waals surface area contributed by atoms with Gasteiger partial charge in [-0.1, -0.05) is 35.4 Å². The maximum absolute atomic E-state index is 11.0. The van der Waals surface area contributed by atoms with Gasteiger partial charge < -0.3 is 9.80 Å². The molecule has 1 N–H and O–H groups in total. The first-order chi connectivity index (χ1) is 10.0. The molecule has 1 amide bonds. The summed E-state index contributed by atoms with van der Waals surface area (Å²) < 4.78 is 1.15. The summed E-state index contributed by atoms with van der Waals surface area (Å²) in [5, 5.41) is 3.95. The Bertz CT molecular complexity index is 280. The van der Waals surface area contributed by atoms with Crippen LogP contribution in [0.5, 0.6) is 0 Å². The van der Waals surface area contributed by atoms with Crippen LogP contribution in [0, 0.1) is 0 Å². The number of amides is 1. The third-order valence-corrected chi connectivity index (χ3v) is 4.38. The van der Waals surface area contributed by atoms with Crippen LogP contribution in [0.1, 0.15) is 51.4 Å². The molecule has 4 heteroatoms. The molecule has 0 aliphatic heterocycles. The largest absolute Gasteiger partial charge is 0.353 e. The minimum atomic E-state index is -0.0611. The predicted octanol–water partition coefficient (Wildman–Crippen LogP) is 3.88. The molecule has 0 aromatic carbocycles. The first-order valence-corrected chi connectivity index (χ1v) is 9.42. The number of hydrogen-bond donors (Lipinski definition) is 1. The molecule has 0 aromatic rings. The zero-order valence-corrected chi connectivity index (χ0v) is 15.6. The van der Waals surface area contributed by atoms with E-state index in [1.54, 1.807) is 0 Å². The zero-order chi connectivity index (χ0) is 16.0. The van der Waals surface area contributed by atoms with E-state index in [4.69, 9.17) is 0 Å². The maximum atomic E-state index is 11.0. The minimum absolute atomic E-state index is 0.0611. The van der Waals surface area contributed by atoms with Crippen LogP contribution in [0.25, 0.3) is 0 Å². The normalized spacial score (nSPS) is 11.4. The Balaban J connectivity index is 3.39. The van der Waals surface area contributed by atoms with Crippen molar-refractivity contribution in [2.24, 2.45) is 0 Å². The molecule has 0 spiro atoms. The van der Waals surface area contributed by atoms with E-state index in [0.717, 1.165) is 22.8 Å². The van der Waals surface area contributed by atoms with Crippen LogP contribution in [0.3, 0.4) is 0 Å². The molecule has 0 bridgehead atoms.